The molecule has 0 unspecified atom stereocenters. The van der Waals surface area contributed by atoms with Gasteiger partial charge in [0.05, 0.1) is 11.0 Å². The van der Waals surface area contributed by atoms with Gasteiger partial charge >= 0.3 is 5.69 Å². The van der Waals surface area contributed by atoms with Crippen molar-refractivity contribution in [1.82, 2.24) is 15.0 Å². The van der Waals surface area contributed by atoms with Crippen LogP contribution in [0.15, 0.2) is 47.4 Å². The Kier molecular flexibility index (Phi) is 3.80. The van der Waals surface area contributed by atoms with Crippen LogP contribution < -0.4 is 10.6 Å². The standard InChI is InChI=1S/C17H16N4O2/c1-21(2)16-11(4-3-9-18-16)6-8-15(22)12-5-7-13-14(10-12)20-17(23)19-13/h3-10H,1-2H3,(H2,19,20,23)/b8-6+. The molecule has 0 aliphatic carbocycles. The molecule has 0 saturated heterocycles. The van der Waals surface area contributed by atoms with E-state index in [0.717, 1.165) is 11.4 Å². The number of allylic oxidation sites excluding steroid dienone is 1. The summed E-state index contributed by atoms with van der Waals surface area (Å²) in [6.07, 6.45) is 4.97. The molecule has 0 spiro atoms. The third kappa shape index (κ3) is 3.06. The van der Waals surface area contributed by atoms with Gasteiger partial charge in [0.1, 0.15) is 5.82 Å². The summed E-state index contributed by atoms with van der Waals surface area (Å²) < 4.78 is 0. The van der Waals surface area contributed by atoms with E-state index in [2.05, 4.69) is 15.0 Å². The fourth-order valence-electron chi connectivity index (χ4n) is 2.36. The molecule has 6 nitrogen and oxygen atoms in total. The van der Waals surface area contributed by atoms with Gasteiger partial charge in [-0.25, -0.2) is 9.78 Å². The number of benzene rings is 1. The highest BCUT2D eigenvalue weighted by atomic mass is 16.1. The molecule has 1 aromatic carbocycles. The lowest BCUT2D eigenvalue weighted by Crippen LogP contribution is -2.11. The molecule has 0 amide bonds. The maximum atomic E-state index is 12.3. The van der Waals surface area contributed by atoms with E-state index in [1.165, 1.54) is 6.08 Å². The summed E-state index contributed by atoms with van der Waals surface area (Å²) in [5.74, 6) is 0.657. The number of nitrogens with zero attached hydrogens (tertiary/aromatic N) is 2. The van der Waals surface area contributed by atoms with Gasteiger partial charge in [-0.2, -0.15) is 0 Å². The predicted octanol–water partition coefficient (Wildman–Crippen LogP) is 2.21. The number of pyridine rings is 1. The second-order valence-electron chi connectivity index (χ2n) is 5.35. The van der Waals surface area contributed by atoms with Crippen LogP contribution in [0, 0.1) is 0 Å². The minimum absolute atomic E-state index is 0.137. The van der Waals surface area contributed by atoms with Crippen molar-refractivity contribution in [2.75, 3.05) is 19.0 Å². The van der Waals surface area contributed by atoms with Gasteiger partial charge in [-0.1, -0.05) is 0 Å². The monoisotopic (exact) mass is 308 g/mol. The molecule has 0 radical (unpaired) electrons. The van der Waals surface area contributed by atoms with E-state index in [9.17, 15) is 9.59 Å². The molecule has 0 aliphatic rings. The molecule has 2 aromatic heterocycles. The van der Waals surface area contributed by atoms with Crippen molar-refractivity contribution < 1.29 is 4.79 Å². The number of carbonyl (C=O) groups is 1. The van der Waals surface area contributed by atoms with E-state index in [4.69, 9.17) is 0 Å². The zero-order chi connectivity index (χ0) is 16.4. The Bertz CT molecular complexity index is 950. The van der Waals surface area contributed by atoms with E-state index >= 15 is 0 Å². The fourth-order valence-corrected chi connectivity index (χ4v) is 2.36. The summed E-state index contributed by atoms with van der Waals surface area (Å²) in [5.41, 5.74) is 2.38. The van der Waals surface area contributed by atoms with E-state index in [-0.39, 0.29) is 11.5 Å². The molecule has 23 heavy (non-hydrogen) atoms. The van der Waals surface area contributed by atoms with Crippen molar-refractivity contribution in [3.63, 3.8) is 0 Å². The molecule has 0 fully saturated rings. The first-order chi connectivity index (χ1) is 11.0. The molecule has 116 valence electrons. The Labute approximate surface area is 132 Å². The number of fused-ring (bicyclic) bond motifs is 1. The van der Waals surface area contributed by atoms with Crippen LogP contribution in [0.2, 0.25) is 0 Å². The number of anilines is 1. The molecule has 2 N–H and O–H groups in total. The van der Waals surface area contributed by atoms with Crippen molar-refractivity contribution in [3.05, 3.63) is 64.2 Å². The lowest BCUT2D eigenvalue weighted by Gasteiger charge is -2.13. The number of hydrogen-bond acceptors (Lipinski definition) is 4. The number of H-pyrrole nitrogens is 2. The first kappa shape index (κ1) is 14.8. The first-order valence-electron chi connectivity index (χ1n) is 7.11. The summed E-state index contributed by atoms with van der Waals surface area (Å²) in [6, 6.07) is 8.79. The number of rotatable bonds is 4. The van der Waals surface area contributed by atoms with E-state index < -0.39 is 0 Å². The highest BCUT2D eigenvalue weighted by Gasteiger charge is 2.07. The molecule has 0 aliphatic heterocycles. The average Bonchev–Trinajstić information content (AvgIpc) is 2.91. The van der Waals surface area contributed by atoms with E-state index in [1.54, 1.807) is 30.5 Å². The first-order valence-corrected chi connectivity index (χ1v) is 7.11. The number of ketones is 1. The summed E-state index contributed by atoms with van der Waals surface area (Å²) in [6.45, 7) is 0. The van der Waals surface area contributed by atoms with Crippen LogP contribution in [0.1, 0.15) is 15.9 Å². The smallest absolute Gasteiger partial charge is 0.323 e. The van der Waals surface area contributed by atoms with E-state index in [0.29, 0.717) is 16.6 Å². The van der Waals surface area contributed by atoms with Crippen LogP contribution in [0.25, 0.3) is 17.1 Å². The lowest BCUT2D eigenvalue weighted by molar-refractivity contribution is 0.104. The van der Waals surface area contributed by atoms with E-state index in [1.807, 2.05) is 31.1 Å². The molecule has 2 heterocycles. The maximum absolute atomic E-state index is 12.3. The lowest BCUT2D eigenvalue weighted by atomic mass is 10.1. The summed E-state index contributed by atoms with van der Waals surface area (Å²) in [4.78, 5) is 35.1. The number of nitrogens with one attached hydrogen (secondary N) is 2. The highest BCUT2D eigenvalue weighted by molar-refractivity contribution is 6.08. The molecule has 3 aromatic rings. The van der Waals surface area contributed by atoms with Crippen molar-refractivity contribution in [2.24, 2.45) is 0 Å². The Morgan fingerprint density at radius 2 is 1.96 bits per heavy atom. The van der Waals surface area contributed by atoms with Crippen LogP contribution in [0.5, 0.6) is 0 Å². The van der Waals surface area contributed by atoms with Crippen LogP contribution in [0.4, 0.5) is 5.82 Å². The molecule has 6 heteroatoms. The number of aromatic nitrogens is 3. The summed E-state index contributed by atoms with van der Waals surface area (Å²) >= 11 is 0. The molecular weight excluding hydrogens is 292 g/mol. The van der Waals surface area contributed by atoms with Crippen molar-refractivity contribution in [2.45, 2.75) is 0 Å². The molecule has 0 saturated carbocycles. The number of hydrogen-bond donors (Lipinski definition) is 2. The minimum Gasteiger partial charge on any atom is -0.362 e. The molecule has 3 rings (SSSR count). The summed E-state index contributed by atoms with van der Waals surface area (Å²) in [7, 11) is 3.80. The zero-order valence-corrected chi connectivity index (χ0v) is 12.8. The third-order valence-corrected chi connectivity index (χ3v) is 3.46. The van der Waals surface area contributed by atoms with Gasteiger partial charge < -0.3 is 14.9 Å². The van der Waals surface area contributed by atoms with Crippen molar-refractivity contribution in [3.8, 4) is 0 Å². The van der Waals surface area contributed by atoms with Gasteiger partial charge in [-0.15, -0.1) is 0 Å². The van der Waals surface area contributed by atoms with Gasteiger partial charge in [0.25, 0.3) is 0 Å². The Morgan fingerprint density at radius 1 is 1.17 bits per heavy atom. The predicted molar refractivity (Wildman–Crippen MR) is 90.8 cm³/mol. The highest BCUT2D eigenvalue weighted by Crippen LogP contribution is 2.17. The van der Waals surface area contributed by atoms with Crippen molar-refractivity contribution in [1.29, 1.82) is 0 Å². The second-order valence-corrected chi connectivity index (χ2v) is 5.35. The number of carbonyl (C=O) groups excluding carboxylic acids is 1. The average molecular weight is 308 g/mol. The van der Waals surface area contributed by atoms with Crippen LogP contribution in [0.3, 0.4) is 0 Å². The molecule has 0 bridgehead atoms. The Balaban J connectivity index is 1.89. The minimum atomic E-state index is -0.286. The Hall–Kier alpha value is -3.15. The largest absolute Gasteiger partial charge is 0.362 e. The zero-order valence-electron chi connectivity index (χ0n) is 12.8. The quantitative estimate of drug-likeness (QED) is 0.572. The van der Waals surface area contributed by atoms with Gasteiger partial charge in [0, 0.05) is 31.4 Å². The number of imidazole rings is 1. The van der Waals surface area contributed by atoms with Crippen LogP contribution >= 0.6 is 0 Å². The molecular formula is C17H16N4O2. The Morgan fingerprint density at radius 3 is 2.74 bits per heavy atom. The maximum Gasteiger partial charge on any atom is 0.323 e. The van der Waals surface area contributed by atoms with Crippen LogP contribution in [-0.2, 0) is 0 Å². The summed E-state index contributed by atoms with van der Waals surface area (Å²) in [5, 5.41) is 0. The third-order valence-electron chi connectivity index (χ3n) is 3.46. The fraction of sp³-hybridized carbons (Fsp3) is 0.118. The van der Waals surface area contributed by atoms with Gasteiger partial charge in [-0.3, -0.25) is 4.79 Å². The number of aromatic amines is 2. The van der Waals surface area contributed by atoms with Crippen molar-refractivity contribution >= 4 is 28.7 Å². The van der Waals surface area contributed by atoms with Gasteiger partial charge in [-0.05, 0) is 42.5 Å². The van der Waals surface area contributed by atoms with Gasteiger partial charge in [0.15, 0.2) is 5.78 Å². The second kappa shape index (κ2) is 5.92. The molecule has 0 atom stereocenters. The van der Waals surface area contributed by atoms with Crippen LogP contribution in [-0.4, -0.2) is 34.8 Å². The topological polar surface area (TPSA) is 81.8 Å². The SMILES string of the molecule is CN(C)c1ncccc1/C=C/C(=O)c1ccc2[nH]c(=O)[nH]c2c1. The normalized spacial score (nSPS) is 11.2. The van der Waals surface area contributed by atoms with Gasteiger partial charge in [0.2, 0.25) is 0 Å².